The van der Waals surface area contributed by atoms with E-state index in [-0.39, 0.29) is 6.04 Å². The highest BCUT2D eigenvalue weighted by Gasteiger charge is 2.07. The lowest BCUT2D eigenvalue weighted by Gasteiger charge is -2.11. The summed E-state index contributed by atoms with van der Waals surface area (Å²) < 4.78 is 0. The Bertz CT molecular complexity index is 233. The zero-order valence-corrected chi connectivity index (χ0v) is 8.27. The molecule has 0 aliphatic carbocycles. The normalized spacial score (nSPS) is 13.2. The molecule has 0 spiro atoms. The van der Waals surface area contributed by atoms with E-state index in [1.54, 1.807) is 6.20 Å². The Balaban J connectivity index is 2.44. The zero-order valence-electron chi connectivity index (χ0n) is 8.27. The second-order valence-corrected chi connectivity index (χ2v) is 3.73. The van der Waals surface area contributed by atoms with E-state index in [2.05, 4.69) is 24.0 Å². The van der Waals surface area contributed by atoms with Gasteiger partial charge in [-0.2, -0.15) is 10.2 Å². The van der Waals surface area contributed by atoms with Crippen molar-refractivity contribution in [2.24, 2.45) is 11.7 Å². The maximum absolute atomic E-state index is 5.94. The van der Waals surface area contributed by atoms with Crippen LogP contribution in [0, 0.1) is 5.92 Å². The fourth-order valence-electron chi connectivity index (χ4n) is 1.17. The van der Waals surface area contributed by atoms with Gasteiger partial charge in [-0.25, -0.2) is 0 Å². The molecule has 2 N–H and O–H groups in total. The first-order valence-corrected chi connectivity index (χ1v) is 4.73. The first-order chi connectivity index (χ1) is 6.20. The summed E-state index contributed by atoms with van der Waals surface area (Å²) >= 11 is 0. The molecule has 72 valence electrons. The average molecular weight is 179 g/mol. The lowest BCUT2D eigenvalue weighted by Crippen LogP contribution is -2.13. The molecule has 3 heteroatoms. The average Bonchev–Trinajstić information content (AvgIpc) is 2.15. The summed E-state index contributed by atoms with van der Waals surface area (Å²) in [6.45, 7) is 4.40. The van der Waals surface area contributed by atoms with Crippen LogP contribution in [0.1, 0.15) is 38.4 Å². The van der Waals surface area contributed by atoms with Crippen molar-refractivity contribution in [1.82, 2.24) is 10.2 Å². The van der Waals surface area contributed by atoms with Gasteiger partial charge in [0.2, 0.25) is 0 Å². The van der Waals surface area contributed by atoms with Crippen LogP contribution in [-0.4, -0.2) is 10.2 Å². The van der Waals surface area contributed by atoms with Crippen LogP contribution in [-0.2, 0) is 0 Å². The quantitative estimate of drug-likeness (QED) is 0.768. The second kappa shape index (κ2) is 4.92. The molecule has 0 amide bonds. The van der Waals surface area contributed by atoms with E-state index < -0.39 is 0 Å². The maximum atomic E-state index is 5.94. The van der Waals surface area contributed by atoms with Crippen molar-refractivity contribution in [2.45, 2.75) is 32.7 Å². The summed E-state index contributed by atoms with van der Waals surface area (Å²) in [4.78, 5) is 0. The molecule has 0 aliphatic rings. The summed E-state index contributed by atoms with van der Waals surface area (Å²) in [7, 11) is 0. The number of aromatic nitrogens is 2. The largest absolute Gasteiger partial charge is 0.323 e. The van der Waals surface area contributed by atoms with Gasteiger partial charge in [0.1, 0.15) is 0 Å². The monoisotopic (exact) mass is 179 g/mol. The van der Waals surface area contributed by atoms with Gasteiger partial charge in [0.05, 0.1) is 5.69 Å². The van der Waals surface area contributed by atoms with E-state index in [0.717, 1.165) is 18.5 Å². The summed E-state index contributed by atoms with van der Waals surface area (Å²) in [6.07, 6.45) is 3.78. The van der Waals surface area contributed by atoms with Crippen molar-refractivity contribution in [1.29, 1.82) is 0 Å². The van der Waals surface area contributed by atoms with Crippen LogP contribution in [0.4, 0.5) is 0 Å². The summed E-state index contributed by atoms with van der Waals surface area (Å²) in [6, 6.07) is 3.84. The molecule has 0 fully saturated rings. The second-order valence-electron chi connectivity index (χ2n) is 3.73. The van der Waals surface area contributed by atoms with E-state index in [4.69, 9.17) is 5.73 Å². The number of rotatable bonds is 4. The molecular weight excluding hydrogens is 162 g/mol. The smallest absolute Gasteiger partial charge is 0.0798 e. The third-order valence-corrected chi connectivity index (χ3v) is 2.03. The van der Waals surface area contributed by atoms with Gasteiger partial charge < -0.3 is 5.73 Å². The Morgan fingerprint density at radius 2 is 2.15 bits per heavy atom. The first-order valence-electron chi connectivity index (χ1n) is 4.73. The minimum atomic E-state index is 0.0381. The van der Waals surface area contributed by atoms with Gasteiger partial charge in [0.25, 0.3) is 0 Å². The van der Waals surface area contributed by atoms with Crippen molar-refractivity contribution < 1.29 is 0 Å². The Labute approximate surface area is 79.4 Å². The van der Waals surface area contributed by atoms with Crippen molar-refractivity contribution in [3.63, 3.8) is 0 Å². The standard InChI is InChI=1S/C10H17N3/c1-8(2)5-6-9(11)10-4-3-7-12-13-10/h3-4,7-9H,5-6,11H2,1-2H3. The van der Waals surface area contributed by atoms with Crippen LogP contribution >= 0.6 is 0 Å². The van der Waals surface area contributed by atoms with E-state index in [1.807, 2.05) is 12.1 Å². The van der Waals surface area contributed by atoms with Gasteiger partial charge in [-0.05, 0) is 30.9 Å². The molecule has 13 heavy (non-hydrogen) atoms. The minimum Gasteiger partial charge on any atom is -0.323 e. The highest BCUT2D eigenvalue weighted by molar-refractivity contribution is 5.04. The Kier molecular flexibility index (Phi) is 3.83. The molecule has 1 atom stereocenters. The molecule has 0 aromatic carbocycles. The van der Waals surface area contributed by atoms with Crippen molar-refractivity contribution >= 4 is 0 Å². The lowest BCUT2D eigenvalue weighted by atomic mass is 10.0. The molecule has 1 unspecified atom stereocenters. The molecule has 0 bridgehead atoms. The van der Waals surface area contributed by atoms with Crippen LogP contribution in [0.2, 0.25) is 0 Å². The molecule has 0 saturated carbocycles. The van der Waals surface area contributed by atoms with E-state index in [9.17, 15) is 0 Å². The number of hydrogen-bond donors (Lipinski definition) is 1. The third-order valence-electron chi connectivity index (χ3n) is 2.03. The van der Waals surface area contributed by atoms with Crippen LogP contribution in [0.5, 0.6) is 0 Å². The van der Waals surface area contributed by atoms with E-state index in [0.29, 0.717) is 5.92 Å². The van der Waals surface area contributed by atoms with Crippen LogP contribution in [0.3, 0.4) is 0 Å². The number of hydrogen-bond acceptors (Lipinski definition) is 3. The highest BCUT2D eigenvalue weighted by atomic mass is 15.1. The van der Waals surface area contributed by atoms with Crippen LogP contribution < -0.4 is 5.73 Å². The molecule has 1 heterocycles. The molecule has 1 rings (SSSR count). The maximum Gasteiger partial charge on any atom is 0.0798 e. The molecule has 3 nitrogen and oxygen atoms in total. The Morgan fingerprint density at radius 1 is 1.38 bits per heavy atom. The zero-order chi connectivity index (χ0) is 9.68. The van der Waals surface area contributed by atoms with Gasteiger partial charge in [-0.1, -0.05) is 13.8 Å². The molecule has 1 aromatic rings. The summed E-state index contributed by atoms with van der Waals surface area (Å²) in [5.74, 6) is 0.697. The Hall–Kier alpha value is -0.960. The van der Waals surface area contributed by atoms with Crippen LogP contribution in [0.25, 0.3) is 0 Å². The van der Waals surface area contributed by atoms with Gasteiger partial charge in [0.15, 0.2) is 0 Å². The van der Waals surface area contributed by atoms with Gasteiger partial charge in [-0.3, -0.25) is 0 Å². The molecule has 0 aliphatic heterocycles. The molecule has 1 aromatic heterocycles. The third kappa shape index (κ3) is 3.51. The molecular formula is C10H17N3. The first kappa shape index (κ1) is 10.1. The SMILES string of the molecule is CC(C)CCC(N)c1cccnn1. The van der Waals surface area contributed by atoms with Gasteiger partial charge in [0, 0.05) is 12.2 Å². The Morgan fingerprint density at radius 3 is 2.69 bits per heavy atom. The lowest BCUT2D eigenvalue weighted by molar-refractivity contribution is 0.499. The van der Waals surface area contributed by atoms with Crippen molar-refractivity contribution in [2.75, 3.05) is 0 Å². The predicted molar refractivity (Wildman–Crippen MR) is 53.0 cm³/mol. The van der Waals surface area contributed by atoms with Gasteiger partial charge in [-0.15, -0.1) is 0 Å². The van der Waals surface area contributed by atoms with Crippen molar-refractivity contribution in [3.05, 3.63) is 24.0 Å². The molecule has 0 saturated heterocycles. The van der Waals surface area contributed by atoms with Crippen LogP contribution in [0.15, 0.2) is 18.3 Å². The summed E-state index contributed by atoms with van der Waals surface area (Å²) in [5, 5.41) is 7.78. The van der Waals surface area contributed by atoms with E-state index >= 15 is 0 Å². The number of nitrogens with two attached hydrogens (primary N) is 1. The number of nitrogens with zero attached hydrogens (tertiary/aromatic N) is 2. The molecule has 0 radical (unpaired) electrons. The predicted octanol–water partition coefficient (Wildman–Crippen LogP) is 1.91. The van der Waals surface area contributed by atoms with E-state index in [1.165, 1.54) is 0 Å². The fraction of sp³-hybridized carbons (Fsp3) is 0.600. The fourth-order valence-corrected chi connectivity index (χ4v) is 1.17. The van der Waals surface area contributed by atoms with Crippen molar-refractivity contribution in [3.8, 4) is 0 Å². The highest BCUT2D eigenvalue weighted by Crippen LogP contribution is 2.15. The minimum absolute atomic E-state index is 0.0381. The topological polar surface area (TPSA) is 51.8 Å². The van der Waals surface area contributed by atoms with Gasteiger partial charge >= 0.3 is 0 Å². The summed E-state index contributed by atoms with van der Waals surface area (Å²) in [5.41, 5.74) is 6.83.